The van der Waals surface area contributed by atoms with Crippen LogP contribution < -0.4 is 4.57 Å². The second-order valence-corrected chi connectivity index (χ2v) is 8.70. The van der Waals surface area contributed by atoms with Gasteiger partial charge in [0, 0.05) is 0 Å². The Balaban J connectivity index is 1.35. The SMILES string of the molecule is CCCCCCCCCCCCCCCCCC[n+]1ccn(-c2ccccc2)c1. The zero-order valence-corrected chi connectivity index (χ0v) is 19.0. The molecule has 0 unspecified atom stereocenters. The molecule has 1 aromatic heterocycles. The molecule has 0 spiro atoms. The van der Waals surface area contributed by atoms with E-state index in [4.69, 9.17) is 0 Å². The third-order valence-electron chi connectivity index (χ3n) is 6.02. The van der Waals surface area contributed by atoms with E-state index in [0.717, 1.165) is 6.54 Å². The fourth-order valence-corrected chi connectivity index (χ4v) is 4.12. The molecule has 0 radical (unpaired) electrons. The van der Waals surface area contributed by atoms with Crippen LogP contribution in [0.2, 0.25) is 0 Å². The second kappa shape index (κ2) is 16.3. The number of aromatic nitrogens is 2. The lowest BCUT2D eigenvalue weighted by atomic mass is 10.0. The van der Waals surface area contributed by atoms with Crippen LogP contribution in [0.3, 0.4) is 0 Å². The number of nitrogens with zero attached hydrogens (tertiary/aromatic N) is 2. The molecular weight excluding hydrogens is 352 g/mol. The fourth-order valence-electron chi connectivity index (χ4n) is 4.12. The van der Waals surface area contributed by atoms with Gasteiger partial charge in [0.15, 0.2) is 0 Å². The number of rotatable bonds is 18. The molecule has 0 amide bonds. The number of hydrogen-bond acceptors (Lipinski definition) is 0. The first-order chi connectivity index (χ1) is 14.4. The number of unbranched alkanes of at least 4 members (excludes halogenated alkanes) is 15. The number of para-hydroxylation sites is 1. The molecule has 0 aliphatic carbocycles. The van der Waals surface area contributed by atoms with Crippen LogP contribution in [0.5, 0.6) is 0 Å². The highest BCUT2D eigenvalue weighted by Crippen LogP contribution is 2.13. The average molecular weight is 398 g/mol. The van der Waals surface area contributed by atoms with Gasteiger partial charge in [-0.1, -0.05) is 115 Å². The van der Waals surface area contributed by atoms with Gasteiger partial charge in [0.05, 0.1) is 6.54 Å². The summed E-state index contributed by atoms with van der Waals surface area (Å²) in [5.74, 6) is 0. The maximum Gasteiger partial charge on any atom is 0.248 e. The second-order valence-electron chi connectivity index (χ2n) is 8.70. The van der Waals surface area contributed by atoms with E-state index in [1.54, 1.807) is 0 Å². The summed E-state index contributed by atoms with van der Waals surface area (Å²) < 4.78 is 4.52. The lowest BCUT2D eigenvalue weighted by Gasteiger charge is -2.03. The van der Waals surface area contributed by atoms with Gasteiger partial charge in [0.25, 0.3) is 0 Å². The Hall–Kier alpha value is -1.57. The molecule has 0 saturated heterocycles. The first-order valence-electron chi connectivity index (χ1n) is 12.5. The smallest absolute Gasteiger partial charge is 0.236 e. The number of hydrogen-bond donors (Lipinski definition) is 0. The minimum Gasteiger partial charge on any atom is -0.236 e. The molecule has 1 heterocycles. The van der Waals surface area contributed by atoms with Crippen LogP contribution in [0.15, 0.2) is 49.1 Å². The van der Waals surface area contributed by atoms with Crippen LogP contribution in [-0.2, 0) is 6.54 Å². The van der Waals surface area contributed by atoms with Crippen molar-refractivity contribution in [3.05, 3.63) is 49.1 Å². The van der Waals surface area contributed by atoms with Crippen LogP contribution >= 0.6 is 0 Å². The van der Waals surface area contributed by atoms with E-state index < -0.39 is 0 Å². The molecule has 2 heteroatoms. The molecule has 2 nitrogen and oxygen atoms in total. The molecule has 0 aliphatic rings. The molecule has 29 heavy (non-hydrogen) atoms. The molecule has 2 aromatic rings. The summed E-state index contributed by atoms with van der Waals surface area (Å²) in [6, 6.07) is 10.6. The van der Waals surface area contributed by atoms with Crippen LogP contribution in [0.4, 0.5) is 0 Å². The van der Waals surface area contributed by atoms with Gasteiger partial charge in [0.2, 0.25) is 6.33 Å². The zero-order valence-electron chi connectivity index (χ0n) is 19.0. The van der Waals surface area contributed by atoms with Crippen molar-refractivity contribution in [1.82, 2.24) is 4.57 Å². The maximum absolute atomic E-state index is 2.32. The molecule has 0 fully saturated rings. The quantitative estimate of drug-likeness (QED) is 0.178. The van der Waals surface area contributed by atoms with E-state index in [1.807, 2.05) is 0 Å². The molecule has 0 saturated carbocycles. The first kappa shape index (κ1) is 23.7. The van der Waals surface area contributed by atoms with Crippen molar-refractivity contribution in [3.63, 3.8) is 0 Å². The summed E-state index contributed by atoms with van der Waals surface area (Å²) in [5, 5.41) is 0. The van der Waals surface area contributed by atoms with Crippen molar-refractivity contribution in [2.45, 2.75) is 116 Å². The Morgan fingerprint density at radius 1 is 0.621 bits per heavy atom. The topological polar surface area (TPSA) is 8.81 Å². The molecule has 2 rings (SSSR count). The van der Waals surface area contributed by atoms with E-state index >= 15 is 0 Å². The fraction of sp³-hybridized carbons (Fsp3) is 0.667. The molecular formula is C27H45N2+. The normalized spacial score (nSPS) is 11.2. The first-order valence-corrected chi connectivity index (χ1v) is 12.5. The van der Waals surface area contributed by atoms with Crippen LogP contribution in [-0.4, -0.2) is 4.57 Å². The molecule has 0 atom stereocenters. The van der Waals surface area contributed by atoms with E-state index in [2.05, 4.69) is 65.1 Å². The molecule has 162 valence electrons. The average Bonchev–Trinajstić information content (AvgIpc) is 3.23. The van der Waals surface area contributed by atoms with Gasteiger partial charge < -0.3 is 0 Å². The molecule has 1 aromatic carbocycles. The van der Waals surface area contributed by atoms with Gasteiger partial charge in [-0.2, -0.15) is 0 Å². The third kappa shape index (κ3) is 11.3. The number of aryl methyl sites for hydroxylation is 1. The van der Waals surface area contributed by atoms with Crippen molar-refractivity contribution in [3.8, 4) is 5.69 Å². The number of benzene rings is 1. The Labute approximate surface area is 180 Å². The lowest BCUT2D eigenvalue weighted by Crippen LogP contribution is -2.30. The van der Waals surface area contributed by atoms with Crippen LogP contribution in [0.1, 0.15) is 110 Å². The highest BCUT2D eigenvalue weighted by molar-refractivity contribution is 5.30. The predicted octanol–water partition coefficient (Wildman–Crippen LogP) is 8.03. The summed E-state index contributed by atoms with van der Waals surface area (Å²) in [6.45, 7) is 3.43. The predicted molar refractivity (Wildman–Crippen MR) is 126 cm³/mol. The van der Waals surface area contributed by atoms with Gasteiger partial charge >= 0.3 is 0 Å². The number of imidazole rings is 1. The third-order valence-corrected chi connectivity index (χ3v) is 6.02. The van der Waals surface area contributed by atoms with E-state index in [0.29, 0.717) is 0 Å². The highest BCUT2D eigenvalue weighted by atomic mass is 15.1. The van der Waals surface area contributed by atoms with E-state index in [9.17, 15) is 0 Å². The Morgan fingerprint density at radius 2 is 1.10 bits per heavy atom. The Morgan fingerprint density at radius 3 is 1.62 bits per heavy atom. The monoisotopic (exact) mass is 397 g/mol. The largest absolute Gasteiger partial charge is 0.248 e. The Kier molecular flexibility index (Phi) is 13.3. The zero-order chi connectivity index (χ0) is 20.4. The summed E-state index contributed by atoms with van der Waals surface area (Å²) >= 11 is 0. The van der Waals surface area contributed by atoms with Gasteiger partial charge in [0.1, 0.15) is 18.1 Å². The van der Waals surface area contributed by atoms with Gasteiger partial charge in [-0.3, -0.25) is 0 Å². The van der Waals surface area contributed by atoms with Crippen molar-refractivity contribution >= 4 is 0 Å². The van der Waals surface area contributed by atoms with Crippen LogP contribution in [0, 0.1) is 0 Å². The van der Waals surface area contributed by atoms with Gasteiger partial charge in [-0.05, 0) is 25.0 Å². The highest BCUT2D eigenvalue weighted by Gasteiger charge is 2.05. The van der Waals surface area contributed by atoms with E-state index in [1.165, 1.54) is 108 Å². The summed E-state index contributed by atoms with van der Waals surface area (Å²) in [5.41, 5.74) is 1.23. The minimum absolute atomic E-state index is 1.14. The molecule has 0 N–H and O–H groups in total. The van der Waals surface area contributed by atoms with Gasteiger partial charge in [-0.15, -0.1) is 0 Å². The maximum atomic E-state index is 2.32. The van der Waals surface area contributed by atoms with Crippen molar-refractivity contribution in [1.29, 1.82) is 0 Å². The summed E-state index contributed by atoms with van der Waals surface area (Å²) in [6.07, 6.45) is 29.4. The van der Waals surface area contributed by atoms with Crippen molar-refractivity contribution in [2.24, 2.45) is 0 Å². The minimum atomic E-state index is 1.14. The summed E-state index contributed by atoms with van der Waals surface area (Å²) in [7, 11) is 0. The van der Waals surface area contributed by atoms with Crippen LogP contribution in [0.25, 0.3) is 5.69 Å². The Bertz CT molecular complexity index is 602. The van der Waals surface area contributed by atoms with Gasteiger partial charge in [-0.25, -0.2) is 9.13 Å². The standard InChI is InChI=1S/C27H45N2/c1-2-3-4-5-6-7-8-9-10-11-12-13-14-15-16-20-23-28-24-25-29(26-28)27-21-18-17-19-22-27/h17-19,21-22,24-26H,2-16,20,23H2,1H3/q+1. The lowest BCUT2D eigenvalue weighted by molar-refractivity contribution is -0.696. The van der Waals surface area contributed by atoms with E-state index in [-0.39, 0.29) is 0 Å². The molecule has 0 aliphatic heterocycles. The summed E-state index contributed by atoms with van der Waals surface area (Å²) in [4.78, 5) is 0. The van der Waals surface area contributed by atoms with Crippen molar-refractivity contribution < 1.29 is 4.57 Å². The van der Waals surface area contributed by atoms with Crippen molar-refractivity contribution in [2.75, 3.05) is 0 Å². The molecule has 0 bridgehead atoms.